The van der Waals surface area contributed by atoms with Gasteiger partial charge < -0.3 is 4.90 Å². The van der Waals surface area contributed by atoms with Gasteiger partial charge in [-0.3, -0.25) is 14.6 Å². The fraction of sp³-hybridized carbons (Fsp3) is 0.444. The molecule has 0 N–H and O–H groups in total. The van der Waals surface area contributed by atoms with Gasteiger partial charge in [-0.2, -0.15) is 0 Å². The highest BCUT2D eigenvalue weighted by atomic mass is 19.1. The molecule has 7 nitrogen and oxygen atoms in total. The van der Waals surface area contributed by atoms with E-state index in [-0.39, 0.29) is 17.9 Å². The Labute approximate surface area is 150 Å². The summed E-state index contributed by atoms with van der Waals surface area (Å²) < 4.78 is 13.0. The van der Waals surface area contributed by atoms with Gasteiger partial charge in [0.2, 0.25) is 11.9 Å². The van der Waals surface area contributed by atoms with Crippen molar-refractivity contribution in [2.45, 2.75) is 25.3 Å². The summed E-state index contributed by atoms with van der Waals surface area (Å²) >= 11 is 0. The van der Waals surface area contributed by atoms with Crippen molar-refractivity contribution in [1.82, 2.24) is 20.0 Å². The summed E-state index contributed by atoms with van der Waals surface area (Å²) in [4.78, 5) is 32.9. The molecule has 0 saturated carbocycles. The standard InChI is InChI=1S/C18H20FN5O2/c19-14-11-21-18(22-12-14)23-8-4-13(5-9-23)17(25)24-16(6-10-26-24)15-3-1-2-7-20-15/h1-3,7,11-13,16H,4-6,8-10H2/t16-/m0/s1. The van der Waals surface area contributed by atoms with Crippen molar-refractivity contribution in [3.63, 3.8) is 0 Å². The van der Waals surface area contributed by atoms with Gasteiger partial charge in [-0.1, -0.05) is 6.07 Å². The number of rotatable bonds is 3. The number of hydroxylamine groups is 2. The molecule has 0 radical (unpaired) electrons. The summed E-state index contributed by atoms with van der Waals surface area (Å²) in [6.07, 6.45) is 6.19. The first-order chi connectivity index (χ1) is 12.7. The molecular formula is C18H20FN5O2. The van der Waals surface area contributed by atoms with E-state index in [1.165, 1.54) is 5.06 Å². The number of amides is 1. The minimum atomic E-state index is -0.453. The van der Waals surface area contributed by atoms with E-state index in [0.717, 1.165) is 24.5 Å². The Morgan fingerprint density at radius 2 is 1.88 bits per heavy atom. The van der Waals surface area contributed by atoms with E-state index in [1.54, 1.807) is 6.20 Å². The van der Waals surface area contributed by atoms with Crippen molar-refractivity contribution in [2.75, 3.05) is 24.6 Å². The Morgan fingerprint density at radius 1 is 1.12 bits per heavy atom. The van der Waals surface area contributed by atoms with Crippen LogP contribution in [0.5, 0.6) is 0 Å². The van der Waals surface area contributed by atoms with Gasteiger partial charge in [-0.25, -0.2) is 19.4 Å². The molecule has 2 aromatic heterocycles. The average Bonchev–Trinajstić information content (AvgIpc) is 3.19. The molecule has 2 saturated heterocycles. The second-order valence-corrected chi connectivity index (χ2v) is 6.52. The van der Waals surface area contributed by atoms with E-state index in [2.05, 4.69) is 15.0 Å². The van der Waals surface area contributed by atoms with Crippen molar-refractivity contribution in [2.24, 2.45) is 5.92 Å². The molecule has 0 spiro atoms. The third kappa shape index (κ3) is 3.37. The molecule has 8 heteroatoms. The number of hydrogen-bond donors (Lipinski definition) is 0. The van der Waals surface area contributed by atoms with Crippen molar-refractivity contribution in [3.8, 4) is 0 Å². The van der Waals surface area contributed by atoms with Crippen LogP contribution in [0.15, 0.2) is 36.8 Å². The predicted molar refractivity (Wildman–Crippen MR) is 91.3 cm³/mol. The molecule has 2 aliphatic rings. The van der Waals surface area contributed by atoms with Gasteiger partial charge in [0.15, 0.2) is 5.82 Å². The normalized spacial score (nSPS) is 21.2. The van der Waals surface area contributed by atoms with Crippen molar-refractivity contribution < 1.29 is 14.0 Å². The van der Waals surface area contributed by atoms with E-state index < -0.39 is 5.82 Å². The Kier molecular flexibility index (Phi) is 4.75. The van der Waals surface area contributed by atoms with E-state index in [1.807, 2.05) is 23.1 Å². The van der Waals surface area contributed by atoms with Gasteiger partial charge in [-0.15, -0.1) is 0 Å². The number of piperidine rings is 1. The van der Waals surface area contributed by atoms with Crippen LogP contribution in [0.2, 0.25) is 0 Å². The molecule has 0 aliphatic carbocycles. The highest BCUT2D eigenvalue weighted by Gasteiger charge is 2.37. The fourth-order valence-electron chi connectivity index (χ4n) is 3.50. The highest BCUT2D eigenvalue weighted by Crippen LogP contribution is 2.32. The summed E-state index contributed by atoms with van der Waals surface area (Å²) in [5.41, 5.74) is 0.857. The molecule has 0 bridgehead atoms. The first kappa shape index (κ1) is 16.8. The van der Waals surface area contributed by atoms with Gasteiger partial charge in [0.1, 0.15) is 6.04 Å². The zero-order valence-electron chi connectivity index (χ0n) is 14.3. The Morgan fingerprint density at radius 3 is 2.58 bits per heavy atom. The topological polar surface area (TPSA) is 71.5 Å². The van der Waals surface area contributed by atoms with Crippen LogP contribution in [-0.4, -0.2) is 45.6 Å². The first-order valence-electron chi connectivity index (χ1n) is 8.82. The van der Waals surface area contributed by atoms with Crippen LogP contribution in [0.3, 0.4) is 0 Å². The number of hydrogen-bond acceptors (Lipinski definition) is 6. The van der Waals surface area contributed by atoms with Crippen LogP contribution < -0.4 is 4.90 Å². The monoisotopic (exact) mass is 357 g/mol. The van der Waals surface area contributed by atoms with Gasteiger partial charge >= 0.3 is 0 Å². The van der Waals surface area contributed by atoms with E-state index in [0.29, 0.717) is 38.5 Å². The zero-order valence-corrected chi connectivity index (χ0v) is 14.3. The summed E-state index contributed by atoms with van der Waals surface area (Å²) in [6.45, 7) is 1.84. The Bertz CT molecular complexity index is 750. The number of pyridine rings is 1. The fourth-order valence-corrected chi connectivity index (χ4v) is 3.50. The average molecular weight is 357 g/mol. The number of carbonyl (C=O) groups is 1. The Balaban J connectivity index is 1.39. The number of carbonyl (C=O) groups excluding carboxylic acids is 1. The molecule has 26 heavy (non-hydrogen) atoms. The quantitative estimate of drug-likeness (QED) is 0.838. The molecule has 4 rings (SSSR count). The van der Waals surface area contributed by atoms with Gasteiger partial charge in [-0.05, 0) is 25.0 Å². The minimum absolute atomic E-state index is 0.0119. The summed E-state index contributed by atoms with van der Waals surface area (Å²) in [7, 11) is 0. The first-order valence-corrected chi connectivity index (χ1v) is 8.82. The van der Waals surface area contributed by atoms with Crippen LogP contribution >= 0.6 is 0 Å². The van der Waals surface area contributed by atoms with Gasteiger partial charge in [0.05, 0.1) is 24.7 Å². The van der Waals surface area contributed by atoms with Crippen LogP contribution in [0.4, 0.5) is 10.3 Å². The van der Waals surface area contributed by atoms with Crippen molar-refractivity contribution in [3.05, 3.63) is 48.3 Å². The van der Waals surface area contributed by atoms with Crippen LogP contribution in [0.1, 0.15) is 31.0 Å². The maximum absolute atomic E-state index is 13.0. The Hall–Kier alpha value is -2.61. The third-order valence-corrected chi connectivity index (χ3v) is 4.88. The molecular weight excluding hydrogens is 337 g/mol. The summed E-state index contributed by atoms with van der Waals surface area (Å²) in [5.74, 6) is -0.0412. The lowest BCUT2D eigenvalue weighted by Gasteiger charge is -2.33. The van der Waals surface area contributed by atoms with Gasteiger partial charge in [0, 0.05) is 31.6 Å². The number of anilines is 1. The molecule has 0 aromatic carbocycles. The number of halogens is 1. The minimum Gasteiger partial charge on any atom is -0.341 e. The second-order valence-electron chi connectivity index (χ2n) is 6.52. The lowest BCUT2D eigenvalue weighted by atomic mass is 9.95. The largest absolute Gasteiger partial charge is 0.341 e. The highest BCUT2D eigenvalue weighted by molar-refractivity contribution is 5.78. The maximum atomic E-state index is 13.0. The summed E-state index contributed by atoms with van der Waals surface area (Å²) in [6, 6.07) is 5.58. The molecule has 2 aliphatic heterocycles. The molecule has 0 unspecified atom stereocenters. The van der Waals surface area contributed by atoms with E-state index in [9.17, 15) is 9.18 Å². The van der Waals surface area contributed by atoms with Crippen molar-refractivity contribution >= 4 is 11.9 Å². The predicted octanol–water partition coefficient (Wildman–Crippen LogP) is 2.13. The van der Waals surface area contributed by atoms with Crippen LogP contribution in [0, 0.1) is 11.7 Å². The lowest BCUT2D eigenvalue weighted by Crippen LogP contribution is -2.42. The SMILES string of the molecule is O=C(C1CCN(c2ncc(F)cn2)CC1)N1OCC[C@H]1c1ccccn1. The zero-order chi connectivity index (χ0) is 17.9. The molecule has 136 valence electrons. The molecule has 2 aromatic rings. The van der Waals surface area contributed by atoms with Crippen LogP contribution in [0.25, 0.3) is 0 Å². The molecule has 4 heterocycles. The second kappa shape index (κ2) is 7.33. The van der Waals surface area contributed by atoms with Crippen LogP contribution in [-0.2, 0) is 9.63 Å². The smallest absolute Gasteiger partial charge is 0.250 e. The lowest BCUT2D eigenvalue weighted by molar-refractivity contribution is -0.182. The van der Waals surface area contributed by atoms with Crippen molar-refractivity contribution in [1.29, 1.82) is 0 Å². The molecule has 1 amide bonds. The third-order valence-electron chi connectivity index (χ3n) is 4.88. The van der Waals surface area contributed by atoms with Gasteiger partial charge in [0.25, 0.3) is 0 Å². The van der Waals surface area contributed by atoms with E-state index >= 15 is 0 Å². The van der Waals surface area contributed by atoms with E-state index in [4.69, 9.17) is 4.84 Å². The molecule has 2 fully saturated rings. The molecule has 1 atom stereocenters. The summed E-state index contributed by atoms with van der Waals surface area (Å²) in [5, 5.41) is 1.51. The maximum Gasteiger partial charge on any atom is 0.250 e. The number of aromatic nitrogens is 3. The number of nitrogens with zero attached hydrogens (tertiary/aromatic N) is 5.